The Morgan fingerprint density at radius 2 is 0.948 bits per heavy atom. The van der Waals surface area contributed by atoms with Crippen molar-refractivity contribution in [3.05, 3.63) is 273 Å². The van der Waals surface area contributed by atoms with Gasteiger partial charge in [-0.3, -0.25) is 29.8 Å². The van der Waals surface area contributed by atoms with E-state index in [0.717, 1.165) is 52.9 Å². The number of carbonyl (C=O) groups excluding carboxylic acids is 3. The lowest BCUT2D eigenvalue weighted by atomic mass is 10.0. The summed E-state index contributed by atoms with van der Waals surface area (Å²) in [7, 11) is 1.10. The number of ether oxygens (including phenoxy) is 1. The number of methoxy groups -OCH3 is 1. The Bertz CT molecular complexity index is 4190. The van der Waals surface area contributed by atoms with Crippen LogP contribution in [0, 0.1) is 49.3 Å². The second-order valence-corrected chi connectivity index (χ2v) is 20.8. The predicted octanol–water partition coefficient (Wildman–Crippen LogP) is 13.0. The van der Waals surface area contributed by atoms with Gasteiger partial charge in [0.25, 0.3) is 11.4 Å². The Labute approximate surface area is 553 Å². The van der Waals surface area contributed by atoms with Gasteiger partial charge in [0.1, 0.15) is 40.7 Å². The number of nitro benzene ring substituents is 2. The molecule has 2 heterocycles. The van der Waals surface area contributed by atoms with Crippen molar-refractivity contribution in [1.29, 1.82) is 0 Å². The zero-order chi connectivity index (χ0) is 72.5. The van der Waals surface area contributed by atoms with Crippen LogP contribution >= 0.6 is 23.2 Å². The largest absolute Gasteiger partial charge is 0.465 e. The number of esters is 1. The summed E-state index contributed by atoms with van der Waals surface area (Å²) >= 11 is 11.7. The highest BCUT2D eigenvalue weighted by Gasteiger charge is 2.36. The highest BCUT2D eigenvalue weighted by molar-refractivity contribution is 6.31. The highest BCUT2D eigenvalue weighted by atomic mass is 35.5. The third-order valence-electron chi connectivity index (χ3n) is 12.8. The minimum Gasteiger partial charge on any atom is -0.465 e. The zero-order valence-corrected chi connectivity index (χ0v) is 52.1. The van der Waals surface area contributed by atoms with Crippen LogP contribution in [-0.4, -0.2) is 74.5 Å². The lowest BCUT2D eigenvalue weighted by molar-refractivity contribution is -0.385. The smallest absolute Gasteiger partial charge is 0.435 e. The number of halogens is 13. The van der Waals surface area contributed by atoms with Crippen LogP contribution in [0.3, 0.4) is 0 Å². The topological polar surface area (TPSA) is 315 Å². The quantitative estimate of drug-likeness (QED) is 0.0162. The standard InChI is InChI=1S/C21H17ClF4N2O2.C11H9ClF3N3.C10H11FO2.C8H6FNO4.C7H6FNO3.C7H8FNO/c22-15-2-1-3-16(10-15)28-17(11-20(27-28)21(24,25)26)6-7-18(30)8-13-4-5-14(12-29)19(23)9-13;12-7-2-1-3-8(4-7)18-9(6-16)5-10(17-18)11(13,14)15;1-7(13)4-8-2-3-9(6-12)10(11)5-8;1-14-8(11)6-3-2-5(10(12)13)4-7(6)9;8-7-3-6(9(11)12)2-1-5(7)4-10;8-7-3-6(9)2-1-5(7)4-10/h1-5,9-11,29H,6-8,12H2;1-5H,6,16H2;2-3,5,12H,4,6H2,1H3;2-4H,1H3;1-3,10H,4H2;1-3,10H,4,9H2. The molecule has 33 heteroatoms. The molecule has 7 aromatic carbocycles. The summed E-state index contributed by atoms with van der Waals surface area (Å²) in [6, 6.07) is 33.0. The second-order valence-electron chi connectivity index (χ2n) is 19.9. The summed E-state index contributed by atoms with van der Waals surface area (Å²) in [5, 5.41) is 63.0. The fraction of sp³-hybridized carbons (Fsp3) is 0.203. The van der Waals surface area contributed by atoms with E-state index in [1.165, 1.54) is 67.6 Å². The number of anilines is 1. The average Bonchev–Trinajstić information content (AvgIpc) is 1.66. The normalized spacial score (nSPS) is 10.8. The number of nitrogens with two attached hydrogens (primary N) is 2. The Balaban J connectivity index is 0.000000260. The molecule has 2 aromatic heterocycles. The van der Waals surface area contributed by atoms with Crippen molar-refractivity contribution in [3.63, 3.8) is 0 Å². The van der Waals surface area contributed by atoms with Gasteiger partial charge in [-0.25, -0.2) is 36.1 Å². The average molecular weight is 1410 g/mol. The summed E-state index contributed by atoms with van der Waals surface area (Å²) in [4.78, 5) is 52.8. The van der Waals surface area contributed by atoms with E-state index in [2.05, 4.69) is 14.9 Å². The molecule has 20 nitrogen and oxygen atoms in total. The molecule has 0 unspecified atom stereocenters. The molecule has 0 saturated carbocycles. The Morgan fingerprint density at radius 3 is 1.33 bits per heavy atom. The minimum atomic E-state index is -4.63. The third kappa shape index (κ3) is 24.9. The number of benzene rings is 7. The molecule has 0 fully saturated rings. The van der Waals surface area contributed by atoms with E-state index < -0.39 is 87.5 Å². The summed E-state index contributed by atoms with van der Waals surface area (Å²) in [6.07, 6.45) is -8.98. The number of aliphatic hydroxyl groups is 4. The van der Waals surface area contributed by atoms with Crippen LogP contribution in [0.1, 0.15) is 79.9 Å². The molecule has 9 rings (SSSR count). The van der Waals surface area contributed by atoms with E-state index in [4.69, 9.17) is 55.1 Å². The number of aryl methyl sites for hydroxylation is 1. The van der Waals surface area contributed by atoms with Gasteiger partial charge in [0.15, 0.2) is 11.4 Å². The van der Waals surface area contributed by atoms with Gasteiger partial charge in [-0.15, -0.1) is 0 Å². The molecular formula is C64H57Cl2F11N8O12. The monoisotopic (exact) mass is 1410 g/mol. The van der Waals surface area contributed by atoms with E-state index in [1.54, 1.807) is 48.5 Å². The van der Waals surface area contributed by atoms with Crippen molar-refractivity contribution in [2.45, 2.75) is 77.9 Å². The number of nitrogens with zero attached hydrogens (tertiary/aromatic N) is 6. The lowest BCUT2D eigenvalue weighted by Gasteiger charge is -2.08. The third-order valence-corrected chi connectivity index (χ3v) is 13.3. The number of nitro groups is 2. The molecule has 516 valence electrons. The number of ketones is 2. The van der Waals surface area contributed by atoms with Crippen molar-refractivity contribution in [2.75, 3.05) is 12.8 Å². The van der Waals surface area contributed by atoms with Crippen LogP contribution in [-0.2, 0) is 78.9 Å². The number of non-ortho nitro benzene ring substituents is 2. The molecule has 0 aliphatic carbocycles. The molecule has 0 amide bonds. The minimum absolute atomic E-state index is 0.00357. The van der Waals surface area contributed by atoms with Gasteiger partial charge >= 0.3 is 18.3 Å². The van der Waals surface area contributed by atoms with Gasteiger partial charge in [-0.05, 0) is 109 Å². The maximum Gasteiger partial charge on any atom is 0.435 e. The maximum atomic E-state index is 13.7. The van der Waals surface area contributed by atoms with Crippen LogP contribution in [0.2, 0.25) is 10.0 Å². The SMILES string of the molecule is CC(=O)Cc1ccc(CO)c(F)c1.COC(=O)c1ccc([N+](=O)[O-])cc1F.NCc1cc(C(F)(F)F)nn1-c1cccc(Cl)c1.Nc1ccc(CO)c(F)c1.O=C(CCc1cc(C(F)(F)F)nn1-c1cccc(Cl)c1)Cc1ccc(CO)c(F)c1.O=[N+]([O-])c1ccc(CO)c(F)c1. The van der Waals surface area contributed by atoms with Gasteiger partial charge in [-0.2, -0.15) is 36.5 Å². The summed E-state index contributed by atoms with van der Waals surface area (Å²) in [6.45, 7) is -0.0926. The second kappa shape index (κ2) is 37.3. The first-order chi connectivity index (χ1) is 45.7. The van der Waals surface area contributed by atoms with Crippen molar-refractivity contribution in [2.24, 2.45) is 5.73 Å². The molecule has 0 saturated heterocycles. The zero-order valence-electron chi connectivity index (χ0n) is 50.6. The molecule has 97 heavy (non-hydrogen) atoms. The van der Waals surface area contributed by atoms with Crippen molar-refractivity contribution >= 4 is 57.8 Å². The highest BCUT2D eigenvalue weighted by Crippen LogP contribution is 2.32. The lowest BCUT2D eigenvalue weighted by Crippen LogP contribution is -2.09. The van der Waals surface area contributed by atoms with Gasteiger partial charge in [0.05, 0.1) is 78.1 Å². The molecule has 9 aromatic rings. The van der Waals surface area contributed by atoms with Gasteiger partial charge in [0.2, 0.25) is 0 Å². The number of hydrogen-bond acceptors (Lipinski definition) is 16. The maximum absolute atomic E-state index is 13.7. The van der Waals surface area contributed by atoms with Crippen molar-refractivity contribution in [1.82, 2.24) is 19.6 Å². The number of carbonyl (C=O) groups is 3. The number of aliphatic hydroxyl groups excluding tert-OH is 4. The number of rotatable bonds is 17. The van der Waals surface area contributed by atoms with Gasteiger partial charge in [0, 0.05) is 81.6 Å². The first kappa shape index (κ1) is 79.4. The number of hydrogen-bond donors (Lipinski definition) is 6. The van der Waals surface area contributed by atoms with Crippen molar-refractivity contribution < 1.29 is 97.7 Å². The van der Waals surface area contributed by atoms with Crippen LogP contribution in [0.25, 0.3) is 11.4 Å². The molecular weight excluding hydrogens is 1350 g/mol. The van der Waals surface area contributed by atoms with Gasteiger partial charge < -0.3 is 36.6 Å². The molecule has 0 spiro atoms. The molecule has 0 atom stereocenters. The van der Waals surface area contributed by atoms with Crippen LogP contribution in [0.4, 0.5) is 65.4 Å². The van der Waals surface area contributed by atoms with Crippen molar-refractivity contribution in [3.8, 4) is 11.4 Å². The first-order valence-corrected chi connectivity index (χ1v) is 28.4. The number of Topliss-reactive ketones (excluding diaryl/α,β-unsaturated/α-hetero) is 2. The Kier molecular flexibility index (Phi) is 30.6. The Hall–Kier alpha value is -10.0. The van der Waals surface area contributed by atoms with E-state index in [1.807, 2.05) is 0 Å². The van der Waals surface area contributed by atoms with E-state index in [-0.39, 0.29) is 102 Å². The number of aromatic nitrogens is 4. The fourth-order valence-corrected chi connectivity index (χ4v) is 8.36. The summed E-state index contributed by atoms with van der Waals surface area (Å²) < 4.78 is 149. The van der Waals surface area contributed by atoms with Crippen LogP contribution in [0.5, 0.6) is 0 Å². The summed E-state index contributed by atoms with van der Waals surface area (Å²) in [5.74, 6) is -4.38. The molecule has 8 N–H and O–H groups in total. The number of nitrogen functional groups attached to an aromatic ring is 1. The molecule has 0 bridgehead atoms. The summed E-state index contributed by atoms with van der Waals surface area (Å²) in [5.41, 5.74) is 11.0. The fourth-order valence-electron chi connectivity index (χ4n) is 7.99. The Morgan fingerprint density at radius 1 is 0.546 bits per heavy atom. The van der Waals surface area contributed by atoms with E-state index >= 15 is 0 Å². The molecule has 0 radical (unpaired) electrons. The molecule has 0 aliphatic heterocycles. The van der Waals surface area contributed by atoms with Crippen LogP contribution in [0.15, 0.2) is 152 Å². The first-order valence-electron chi connectivity index (χ1n) is 27.7. The number of alkyl halides is 6. The van der Waals surface area contributed by atoms with Gasteiger partial charge in [-0.1, -0.05) is 65.7 Å². The molecule has 0 aliphatic rings. The van der Waals surface area contributed by atoms with E-state index in [0.29, 0.717) is 44.3 Å². The predicted molar refractivity (Wildman–Crippen MR) is 331 cm³/mol. The van der Waals surface area contributed by atoms with Crippen LogP contribution < -0.4 is 11.5 Å². The van der Waals surface area contributed by atoms with E-state index in [9.17, 15) is 82.9 Å².